The van der Waals surface area contributed by atoms with E-state index in [4.69, 9.17) is 14.4 Å². The Morgan fingerprint density at radius 3 is 1.48 bits per heavy atom. The molecule has 2 heterocycles. The van der Waals surface area contributed by atoms with Crippen molar-refractivity contribution in [3.8, 4) is 56.2 Å². The highest BCUT2D eigenvalue weighted by Gasteiger charge is 2.46. The third-order valence-corrected chi connectivity index (χ3v) is 11.4. The van der Waals surface area contributed by atoms with E-state index in [9.17, 15) is 0 Å². The van der Waals surface area contributed by atoms with Crippen molar-refractivity contribution in [2.24, 2.45) is 0 Å². The first-order valence-electron chi connectivity index (χ1n) is 19.1. The van der Waals surface area contributed by atoms with E-state index >= 15 is 0 Å². The fourth-order valence-corrected chi connectivity index (χ4v) is 8.80. The highest BCUT2D eigenvalue weighted by Crippen LogP contribution is 2.56. The Kier molecular flexibility index (Phi) is 7.39. The molecule has 0 atom stereocenters. The molecule has 3 heteroatoms. The summed E-state index contributed by atoms with van der Waals surface area (Å²) in [5, 5.41) is 2.25. The smallest absolute Gasteiger partial charge is 0.160 e. The van der Waals surface area contributed by atoms with Gasteiger partial charge in [0.1, 0.15) is 11.2 Å². The summed E-state index contributed by atoms with van der Waals surface area (Å²) in [7, 11) is 0. The Balaban J connectivity index is 1.07. The molecule has 2 aromatic heterocycles. The summed E-state index contributed by atoms with van der Waals surface area (Å²) >= 11 is 0. The first kappa shape index (κ1) is 32.1. The maximum Gasteiger partial charge on any atom is 0.160 e. The van der Waals surface area contributed by atoms with Crippen molar-refractivity contribution in [1.82, 2.24) is 9.97 Å². The molecule has 11 rings (SSSR count). The number of nitrogens with zero attached hydrogens (tertiary/aromatic N) is 2. The predicted molar refractivity (Wildman–Crippen MR) is 228 cm³/mol. The van der Waals surface area contributed by atoms with Gasteiger partial charge in [0.25, 0.3) is 0 Å². The molecule has 1 aliphatic carbocycles. The number of hydrogen-bond acceptors (Lipinski definition) is 3. The quantitative estimate of drug-likeness (QED) is 0.172. The van der Waals surface area contributed by atoms with E-state index < -0.39 is 5.41 Å². The molecule has 262 valence electrons. The molecule has 0 saturated heterocycles. The van der Waals surface area contributed by atoms with Crippen LogP contribution in [0.4, 0.5) is 0 Å². The minimum Gasteiger partial charge on any atom is -0.456 e. The predicted octanol–water partition coefficient (Wildman–Crippen LogP) is 13.4. The van der Waals surface area contributed by atoms with Gasteiger partial charge < -0.3 is 4.42 Å². The maximum atomic E-state index is 6.50. The summed E-state index contributed by atoms with van der Waals surface area (Å²) in [6.07, 6.45) is 0. The van der Waals surface area contributed by atoms with E-state index in [-0.39, 0.29) is 0 Å². The van der Waals surface area contributed by atoms with Gasteiger partial charge in [-0.05, 0) is 62.7 Å². The number of hydrogen-bond donors (Lipinski definition) is 0. The van der Waals surface area contributed by atoms with Crippen molar-refractivity contribution in [2.75, 3.05) is 0 Å². The van der Waals surface area contributed by atoms with E-state index in [0.717, 1.165) is 50.0 Å². The minimum atomic E-state index is -0.564. The standard InChI is InChI=1S/C53H34N2O/c1-3-13-35(14-4-1)36-23-25-37(26-24-36)48-34-49(55-52(54-48)39-15-5-2-6-16-39)38-27-29-40(30-28-38)53(46-20-10-7-17-42(46)43-18-8-11-21-47(43)53)41-31-32-45-44-19-9-12-22-50(44)56-51(45)33-41/h1-34H. The Bertz CT molecular complexity index is 3010. The van der Waals surface area contributed by atoms with Crippen molar-refractivity contribution in [2.45, 2.75) is 5.41 Å². The Labute approximate surface area is 325 Å². The van der Waals surface area contributed by atoms with Crippen LogP contribution < -0.4 is 0 Å². The summed E-state index contributed by atoms with van der Waals surface area (Å²) < 4.78 is 6.50. The molecule has 8 aromatic carbocycles. The molecule has 3 nitrogen and oxygen atoms in total. The number of furan rings is 1. The first-order chi connectivity index (χ1) is 27.7. The number of para-hydroxylation sites is 1. The highest BCUT2D eigenvalue weighted by atomic mass is 16.3. The summed E-state index contributed by atoms with van der Waals surface area (Å²) in [5.41, 5.74) is 15.8. The Morgan fingerprint density at radius 1 is 0.339 bits per heavy atom. The van der Waals surface area contributed by atoms with Crippen molar-refractivity contribution in [3.05, 3.63) is 229 Å². The van der Waals surface area contributed by atoms with E-state index in [1.807, 2.05) is 36.4 Å². The fourth-order valence-electron chi connectivity index (χ4n) is 8.80. The topological polar surface area (TPSA) is 38.9 Å². The summed E-state index contributed by atoms with van der Waals surface area (Å²) in [6, 6.07) is 73.3. The molecule has 0 saturated carbocycles. The third-order valence-electron chi connectivity index (χ3n) is 11.4. The lowest BCUT2D eigenvalue weighted by Gasteiger charge is -2.34. The molecular weight excluding hydrogens is 681 g/mol. The van der Waals surface area contributed by atoms with Crippen LogP contribution in [0.25, 0.3) is 78.1 Å². The van der Waals surface area contributed by atoms with Gasteiger partial charge in [0.05, 0.1) is 16.8 Å². The van der Waals surface area contributed by atoms with Crippen molar-refractivity contribution >= 4 is 21.9 Å². The van der Waals surface area contributed by atoms with Gasteiger partial charge in [0.2, 0.25) is 0 Å². The van der Waals surface area contributed by atoms with Gasteiger partial charge >= 0.3 is 0 Å². The van der Waals surface area contributed by atoms with Crippen molar-refractivity contribution in [1.29, 1.82) is 0 Å². The van der Waals surface area contributed by atoms with Crippen LogP contribution in [0.15, 0.2) is 211 Å². The molecule has 0 N–H and O–H groups in total. The van der Waals surface area contributed by atoms with Crippen molar-refractivity contribution in [3.63, 3.8) is 0 Å². The molecule has 0 fully saturated rings. The van der Waals surface area contributed by atoms with Gasteiger partial charge in [-0.2, -0.15) is 0 Å². The van der Waals surface area contributed by atoms with E-state index in [2.05, 4.69) is 170 Å². The van der Waals surface area contributed by atoms with Crippen LogP contribution in [0.5, 0.6) is 0 Å². The molecule has 10 aromatic rings. The normalized spacial score (nSPS) is 12.8. The van der Waals surface area contributed by atoms with Gasteiger partial charge in [0, 0.05) is 27.5 Å². The molecule has 1 aliphatic rings. The monoisotopic (exact) mass is 714 g/mol. The van der Waals surface area contributed by atoms with Gasteiger partial charge in [-0.25, -0.2) is 9.97 Å². The van der Waals surface area contributed by atoms with Crippen molar-refractivity contribution < 1.29 is 4.42 Å². The molecule has 0 bridgehead atoms. The molecule has 0 spiro atoms. The zero-order valence-corrected chi connectivity index (χ0v) is 30.4. The third kappa shape index (κ3) is 5.05. The number of benzene rings is 8. The van der Waals surface area contributed by atoms with Crippen LogP contribution in [0, 0.1) is 0 Å². The number of rotatable bonds is 6. The van der Waals surface area contributed by atoms with Crippen LogP contribution in [-0.4, -0.2) is 9.97 Å². The Morgan fingerprint density at radius 2 is 0.821 bits per heavy atom. The highest BCUT2D eigenvalue weighted by molar-refractivity contribution is 6.05. The zero-order valence-electron chi connectivity index (χ0n) is 30.4. The van der Waals surface area contributed by atoms with Gasteiger partial charge in [-0.1, -0.05) is 188 Å². The zero-order chi connectivity index (χ0) is 37.1. The SMILES string of the molecule is c1ccc(-c2ccc(-c3cc(-c4ccc(C5(c6ccc7c(c6)oc6ccccc67)c6ccccc6-c6ccccc65)cc4)nc(-c4ccccc4)n3)cc2)cc1. The lowest BCUT2D eigenvalue weighted by atomic mass is 9.67. The summed E-state index contributed by atoms with van der Waals surface area (Å²) in [4.78, 5) is 10.3. The average Bonchev–Trinajstić information content (AvgIpc) is 3.80. The van der Waals surface area contributed by atoms with Crippen LogP contribution in [0.2, 0.25) is 0 Å². The molecule has 56 heavy (non-hydrogen) atoms. The second-order valence-corrected chi connectivity index (χ2v) is 14.5. The number of aromatic nitrogens is 2. The van der Waals surface area contributed by atoms with E-state index in [1.165, 1.54) is 44.5 Å². The first-order valence-corrected chi connectivity index (χ1v) is 19.1. The van der Waals surface area contributed by atoms with Crippen LogP contribution >= 0.6 is 0 Å². The summed E-state index contributed by atoms with van der Waals surface area (Å²) in [5.74, 6) is 0.698. The molecule has 0 amide bonds. The second kappa shape index (κ2) is 12.9. The summed E-state index contributed by atoms with van der Waals surface area (Å²) in [6.45, 7) is 0. The average molecular weight is 715 g/mol. The minimum absolute atomic E-state index is 0.564. The molecule has 0 aliphatic heterocycles. The lowest BCUT2D eigenvalue weighted by Crippen LogP contribution is -2.28. The van der Waals surface area contributed by atoms with Crippen LogP contribution in [0.3, 0.4) is 0 Å². The molecule has 0 unspecified atom stereocenters. The van der Waals surface area contributed by atoms with E-state index in [0.29, 0.717) is 5.82 Å². The molecule has 0 radical (unpaired) electrons. The van der Waals surface area contributed by atoms with E-state index in [1.54, 1.807) is 0 Å². The van der Waals surface area contributed by atoms with Gasteiger partial charge in [-0.15, -0.1) is 0 Å². The fraction of sp³-hybridized carbons (Fsp3) is 0.0189. The Hall–Kier alpha value is -7.36. The van der Waals surface area contributed by atoms with Gasteiger partial charge in [0.15, 0.2) is 5.82 Å². The second-order valence-electron chi connectivity index (χ2n) is 14.5. The lowest BCUT2D eigenvalue weighted by molar-refractivity contribution is 0.665. The number of fused-ring (bicyclic) bond motifs is 6. The van der Waals surface area contributed by atoms with Gasteiger partial charge in [-0.3, -0.25) is 0 Å². The van der Waals surface area contributed by atoms with Crippen LogP contribution in [-0.2, 0) is 5.41 Å². The molecular formula is C53H34N2O. The maximum absolute atomic E-state index is 6.50. The largest absolute Gasteiger partial charge is 0.456 e. The van der Waals surface area contributed by atoms with Crippen LogP contribution in [0.1, 0.15) is 22.3 Å².